The number of hydrogen-bond acceptors (Lipinski definition) is 3. The highest BCUT2D eigenvalue weighted by molar-refractivity contribution is 6.07. The number of aromatic amines is 1. The number of aliphatic hydroxyl groups excluding tert-OH is 1. The molecule has 1 saturated carbocycles. The lowest BCUT2D eigenvalue weighted by molar-refractivity contribution is 0.0269. The van der Waals surface area contributed by atoms with Crippen LogP contribution in [0.2, 0.25) is 0 Å². The fraction of sp³-hybridized carbons (Fsp3) is 0.438. The van der Waals surface area contributed by atoms with Gasteiger partial charge < -0.3 is 20.7 Å². The van der Waals surface area contributed by atoms with E-state index in [-0.39, 0.29) is 11.9 Å². The van der Waals surface area contributed by atoms with E-state index in [4.69, 9.17) is 5.73 Å². The van der Waals surface area contributed by atoms with Crippen molar-refractivity contribution in [2.24, 2.45) is 0 Å². The molecule has 2 aromatic rings. The quantitative estimate of drug-likeness (QED) is 0.740. The van der Waals surface area contributed by atoms with Crippen molar-refractivity contribution in [3.8, 4) is 0 Å². The number of carbonyl (C=O) groups excluding carboxylic acids is 1. The zero-order valence-electron chi connectivity index (χ0n) is 12.2. The van der Waals surface area contributed by atoms with E-state index in [9.17, 15) is 9.90 Å². The maximum absolute atomic E-state index is 12.7. The maximum Gasteiger partial charge on any atom is 0.256 e. The monoisotopic (exact) mass is 287 g/mol. The smallest absolute Gasteiger partial charge is 0.256 e. The number of hydrogen-bond donors (Lipinski definition) is 3. The van der Waals surface area contributed by atoms with Crippen LogP contribution in [0.4, 0.5) is 5.69 Å². The second-order valence-corrected chi connectivity index (χ2v) is 5.84. The number of nitrogens with two attached hydrogens (primary N) is 1. The van der Waals surface area contributed by atoms with Gasteiger partial charge in [-0.25, -0.2) is 0 Å². The molecule has 2 atom stereocenters. The molecule has 5 heteroatoms. The Bertz CT molecular complexity index is 665. The number of aromatic nitrogens is 1. The second kappa shape index (κ2) is 5.41. The molecule has 0 spiro atoms. The lowest BCUT2D eigenvalue weighted by Gasteiger charge is -2.35. The largest absolute Gasteiger partial charge is 0.399 e. The van der Waals surface area contributed by atoms with Gasteiger partial charge in [0.25, 0.3) is 5.91 Å². The molecule has 1 aromatic heterocycles. The van der Waals surface area contributed by atoms with Crippen LogP contribution in [0.25, 0.3) is 10.9 Å². The van der Waals surface area contributed by atoms with Gasteiger partial charge in [0.2, 0.25) is 0 Å². The van der Waals surface area contributed by atoms with Gasteiger partial charge in [-0.1, -0.05) is 12.8 Å². The molecule has 0 saturated heterocycles. The van der Waals surface area contributed by atoms with Crippen LogP contribution in [-0.2, 0) is 0 Å². The molecule has 1 aliphatic carbocycles. The average Bonchev–Trinajstić information content (AvgIpc) is 2.89. The Morgan fingerprint density at radius 1 is 1.38 bits per heavy atom. The van der Waals surface area contributed by atoms with Crippen LogP contribution in [-0.4, -0.2) is 40.1 Å². The first-order chi connectivity index (χ1) is 10.1. The Morgan fingerprint density at radius 2 is 2.14 bits per heavy atom. The zero-order valence-corrected chi connectivity index (χ0v) is 12.2. The summed E-state index contributed by atoms with van der Waals surface area (Å²) in [5, 5.41) is 11.0. The van der Waals surface area contributed by atoms with Crippen LogP contribution >= 0.6 is 0 Å². The number of fused-ring (bicyclic) bond motifs is 1. The van der Waals surface area contributed by atoms with Crippen LogP contribution in [0.15, 0.2) is 24.4 Å². The highest BCUT2D eigenvalue weighted by Crippen LogP contribution is 2.26. The summed E-state index contributed by atoms with van der Waals surface area (Å²) in [5.74, 6) is -0.0584. The van der Waals surface area contributed by atoms with Crippen molar-refractivity contribution in [3.63, 3.8) is 0 Å². The third kappa shape index (κ3) is 2.49. The Labute approximate surface area is 123 Å². The predicted octanol–water partition coefficient (Wildman–Crippen LogP) is 2.13. The molecular formula is C16H21N3O2. The van der Waals surface area contributed by atoms with E-state index in [0.717, 1.165) is 36.6 Å². The molecule has 0 bridgehead atoms. The standard InChI is InChI=1S/C16H21N3O2/c1-19(14-4-2-3-5-15(14)20)16(21)12-9-18-13-8-10(17)6-7-11(12)13/h6-9,14-15,18,20H,2-5,17H2,1H3. The number of nitrogen functional groups attached to an aromatic ring is 1. The minimum absolute atomic E-state index is 0.0584. The van der Waals surface area contributed by atoms with Crippen LogP contribution in [0, 0.1) is 0 Å². The van der Waals surface area contributed by atoms with Crippen LogP contribution in [0.3, 0.4) is 0 Å². The van der Waals surface area contributed by atoms with Gasteiger partial charge in [-0.05, 0) is 31.0 Å². The number of aliphatic hydroxyl groups is 1. The molecule has 112 valence electrons. The SMILES string of the molecule is CN(C(=O)c1c[nH]c2cc(N)ccc12)C1CCCCC1O. The molecule has 1 aromatic carbocycles. The Hall–Kier alpha value is -2.01. The highest BCUT2D eigenvalue weighted by atomic mass is 16.3. The zero-order chi connectivity index (χ0) is 15.0. The van der Waals surface area contributed by atoms with Gasteiger partial charge >= 0.3 is 0 Å². The van der Waals surface area contributed by atoms with Crippen molar-refractivity contribution in [1.29, 1.82) is 0 Å². The van der Waals surface area contributed by atoms with Gasteiger partial charge in [0.1, 0.15) is 0 Å². The number of carbonyl (C=O) groups is 1. The molecule has 0 aliphatic heterocycles. The summed E-state index contributed by atoms with van der Waals surface area (Å²) in [7, 11) is 1.78. The number of nitrogens with zero attached hydrogens (tertiary/aromatic N) is 1. The Kier molecular flexibility index (Phi) is 3.59. The maximum atomic E-state index is 12.7. The molecule has 21 heavy (non-hydrogen) atoms. The van der Waals surface area contributed by atoms with E-state index < -0.39 is 6.10 Å². The molecule has 0 radical (unpaired) electrons. The number of rotatable bonds is 2. The van der Waals surface area contributed by atoms with Gasteiger partial charge in [0.15, 0.2) is 0 Å². The minimum Gasteiger partial charge on any atom is -0.399 e. The van der Waals surface area contributed by atoms with Crippen LogP contribution < -0.4 is 5.73 Å². The first-order valence-corrected chi connectivity index (χ1v) is 7.40. The lowest BCUT2D eigenvalue weighted by Crippen LogP contribution is -2.46. The topological polar surface area (TPSA) is 82.4 Å². The molecule has 1 fully saturated rings. The van der Waals surface area contributed by atoms with E-state index >= 15 is 0 Å². The summed E-state index contributed by atoms with van der Waals surface area (Å²) in [6.07, 6.45) is 5.02. The molecule has 1 amide bonds. The number of benzene rings is 1. The van der Waals surface area contributed by atoms with Crippen molar-refractivity contribution in [2.75, 3.05) is 12.8 Å². The summed E-state index contributed by atoms with van der Waals surface area (Å²) in [6.45, 7) is 0. The fourth-order valence-electron chi connectivity index (χ4n) is 3.20. The van der Waals surface area contributed by atoms with E-state index in [1.807, 2.05) is 12.1 Å². The van der Waals surface area contributed by atoms with Crippen LogP contribution in [0.1, 0.15) is 36.0 Å². The van der Waals surface area contributed by atoms with Crippen molar-refractivity contribution in [1.82, 2.24) is 9.88 Å². The van der Waals surface area contributed by atoms with Crippen molar-refractivity contribution < 1.29 is 9.90 Å². The van der Waals surface area contributed by atoms with Crippen LogP contribution in [0.5, 0.6) is 0 Å². The summed E-state index contributed by atoms with van der Waals surface area (Å²) in [6, 6.07) is 5.38. The number of anilines is 1. The Morgan fingerprint density at radius 3 is 2.90 bits per heavy atom. The summed E-state index contributed by atoms with van der Waals surface area (Å²) >= 11 is 0. The van der Waals surface area contributed by atoms with Crippen molar-refractivity contribution >= 4 is 22.5 Å². The van der Waals surface area contributed by atoms with Crippen molar-refractivity contribution in [2.45, 2.75) is 37.8 Å². The summed E-state index contributed by atoms with van der Waals surface area (Å²) in [5.41, 5.74) is 7.91. The highest BCUT2D eigenvalue weighted by Gasteiger charge is 2.30. The van der Waals surface area contributed by atoms with Gasteiger partial charge in [-0.15, -0.1) is 0 Å². The van der Waals surface area contributed by atoms with E-state index in [1.54, 1.807) is 24.2 Å². The first kappa shape index (κ1) is 13.9. The molecule has 4 N–H and O–H groups in total. The van der Waals surface area contributed by atoms with Gasteiger partial charge in [0, 0.05) is 29.8 Å². The number of likely N-dealkylation sites (N-methyl/N-ethyl adjacent to an activating group) is 1. The number of amides is 1. The van der Waals surface area contributed by atoms with E-state index in [2.05, 4.69) is 4.98 Å². The summed E-state index contributed by atoms with van der Waals surface area (Å²) in [4.78, 5) is 17.5. The first-order valence-electron chi connectivity index (χ1n) is 7.40. The minimum atomic E-state index is -0.423. The third-order valence-electron chi connectivity index (χ3n) is 4.45. The van der Waals surface area contributed by atoms with Crippen molar-refractivity contribution in [3.05, 3.63) is 30.0 Å². The second-order valence-electron chi connectivity index (χ2n) is 5.84. The molecule has 3 rings (SSSR count). The number of H-pyrrole nitrogens is 1. The van der Waals surface area contributed by atoms with E-state index in [0.29, 0.717) is 11.3 Å². The van der Waals surface area contributed by atoms with Gasteiger partial charge in [-0.2, -0.15) is 0 Å². The Balaban J connectivity index is 1.89. The molecular weight excluding hydrogens is 266 g/mol. The van der Waals surface area contributed by atoms with E-state index in [1.165, 1.54) is 0 Å². The van der Waals surface area contributed by atoms with Gasteiger partial charge in [0.05, 0.1) is 17.7 Å². The number of nitrogens with one attached hydrogen (secondary N) is 1. The average molecular weight is 287 g/mol. The molecule has 5 nitrogen and oxygen atoms in total. The lowest BCUT2D eigenvalue weighted by atomic mass is 9.91. The fourth-order valence-corrected chi connectivity index (χ4v) is 3.20. The predicted molar refractivity (Wildman–Crippen MR) is 83.1 cm³/mol. The molecule has 1 heterocycles. The normalized spacial score (nSPS) is 22.4. The molecule has 2 unspecified atom stereocenters. The molecule has 1 aliphatic rings. The van der Waals surface area contributed by atoms with Gasteiger partial charge in [-0.3, -0.25) is 4.79 Å². The summed E-state index contributed by atoms with van der Waals surface area (Å²) < 4.78 is 0. The third-order valence-corrected chi connectivity index (χ3v) is 4.45.